The molecule has 2 aromatic carbocycles. The predicted molar refractivity (Wildman–Crippen MR) is 112 cm³/mol. The molecule has 0 saturated heterocycles. The van der Waals surface area contributed by atoms with Crippen molar-refractivity contribution in [3.63, 3.8) is 0 Å². The van der Waals surface area contributed by atoms with E-state index in [9.17, 15) is 40.2 Å². The molecule has 3 rings (SSSR count). The molecule has 1 aliphatic carbocycles. The van der Waals surface area contributed by atoms with Crippen molar-refractivity contribution in [3.05, 3.63) is 77.0 Å². The fraction of sp³-hybridized carbons (Fsp3) is 0.304. The lowest BCUT2D eigenvalue weighted by molar-refractivity contribution is -0.123. The standard InChI is InChI=1S/C23H20F8N2O2/c1-35-20-5-3-2-4-13(20)21(12-6-15(24)17(7-12)32-10-22(26,27)28)14-8-16(25)18(9-19(14)34)33-11-23(29,30)31/h2-9,12,21,32-34H,10-11H2,1H3. The number of anilines is 1. The number of hydrogen-bond acceptors (Lipinski definition) is 4. The minimum Gasteiger partial charge on any atom is -0.508 e. The Kier molecular flexibility index (Phi) is 7.51. The highest BCUT2D eigenvalue weighted by atomic mass is 19.4. The first kappa shape index (κ1) is 26.2. The highest BCUT2D eigenvalue weighted by molar-refractivity contribution is 5.57. The normalized spacial score (nSPS) is 17.0. The van der Waals surface area contributed by atoms with E-state index in [2.05, 4.69) is 0 Å². The van der Waals surface area contributed by atoms with Crippen molar-refractivity contribution in [2.24, 2.45) is 5.92 Å². The molecule has 0 heterocycles. The highest BCUT2D eigenvalue weighted by Crippen LogP contribution is 2.46. The van der Waals surface area contributed by atoms with Crippen LogP contribution in [0, 0.1) is 11.7 Å². The van der Waals surface area contributed by atoms with Gasteiger partial charge in [0.1, 0.15) is 36.2 Å². The molecule has 0 radical (unpaired) electrons. The number of rotatable bonds is 8. The van der Waals surface area contributed by atoms with Crippen LogP contribution < -0.4 is 15.4 Å². The first-order chi connectivity index (χ1) is 16.3. The van der Waals surface area contributed by atoms with Gasteiger partial charge < -0.3 is 20.5 Å². The van der Waals surface area contributed by atoms with Gasteiger partial charge >= 0.3 is 12.4 Å². The van der Waals surface area contributed by atoms with E-state index < -0.39 is 66.1 Å². The lowest BCUT2D eigenvalue weighted by Gasteiger charge is -2.25. The molecule has 0 saturated carbocycles. The molecule has 3 N–H and O–H groups in total. The van der Waals surface area contributed by atoms with Crippen LogP contribution in [-0.4, -0.2) is 37.7 Å². The number of phenolic OH excluding ortho intramolecular Hbond substituents is 1. The van der Waals surface area contributed by atoms with Crippen LogP contribution in [0.15, 0.2) is 60.1 Å². The zero-order valence-corrected chi connectivity index (χ0v) is 18.1. The summed E-state index contributed by atoms with van der Waals surface area (Å²) in [6, 6.07) is 7.83. The van der Waals surface area contributed by atoms with Gasteiger partial charge in [0.2, 0.25) is 0 Å². The van der Waals surface area contributed by atoms with E-state index in [4.69, 9.17) is 4.74 Å². The smallest absolute Gasteiger partial charge is 0.405 e. The Morgan fingerprint density at radius 2 is 1.54 bits per heavy atom. The van der Waals surface area contributed by atoms with E-state index in [-0.39, 0.29) is 11.3 Å². The molecule has 190 valence electrons. The van der Waals surface area contributed by atoms with E-state index in [1.807, 2.05) is 10.6 Å². The van der Waals surface area contributed by atoms with Gasteiger partial charge in [0, 0.05) is 29.0 Å². The second-order valence-electron chi connectivity index (χ2n) is 7.72. The number of aromatic hydroxyl groups is 1. The van der Waals surface area contributed by atoms with Crippen LogP contribution in [0.1, 0.15) is 17.0 Å². The van der Waals surface area contributed by atoms with Crippen LogP contribution in [0.5, 0.6) is 11.5 Å². The average molecular weight is 508 g/mol. The van der Waals surface area contributed by atoms with Gasteiger partial charge in [-0.15, -0.1) is 0 Å². The summed E-state index contributed by atoms with van der Waals surface area (Å²) in [6.07, 6.45) is -7.09. The number of halogens is 8. The summed E-state index contributed by atoms with van der Waals surface area (Å²) >= 11 is 0. The third kappa shape index (κ3) is 6.58. The summed E-state index contributed by atoms with van der Waals surface area (Å²) in [5.41, 5.74) is -0.843. The Hall–Kier alpha value is -3.44. The number of hydrogen-bond donors (Lipinski definition) is 3. The summed E-state index contributed by atoms with van der Waals surface area (Å²) in [4.78, 5) is 0. The Labute approximate surface area is 194 Å². The topological polar surface area (TPSA) is 53.5 Å². The molecule has 2 unspecified atom stereocenters. The number of phenols is 1. The maximum atomic E-state index is 14.7. The molecule has 0 bridgehead atoms. The van der Waals surface area contributed by atoms with Crippen LogP contribution in [0.25, 0.3) is 0 Å². The van der Waals surface area contributed by atoms with E-state index in [0.717, 1.165) is 24.3 Å². The number of allylic oxidation sites excluding steroid dienone is 3. The second kappa shape index (κ2) is 10.0. The largest absolute Gasteiger partial charge is 0.508 e. The fourth-order valence-electron chi connectivity index (χ4n) is 3.77. The monoisotopic (exact) mass is 508 g/mol. The molecule has 0 aliphatic heterocycles. The minimum atomic E-state index is -4.64. The van der Waals surface area contributed by atoms with Gasteiger partial charge in [0.05, 0.1) is 18.5 Å². The fourth-order valence-corrected chi connectivity index (χ4v) is 3.77. The zero-order chi connectivity index (χ0) is 26.0. The Morgan fingerprint density at radius 3 is 2.17 bits per heavy atom. The molecule has 12 heteroatoms. The average Bonchev–Trinajstić information content (AvgIpc) is 3.13. The molecule has 35 heavy (non-hydrogen) atoms. The molecule has 0 aromatic heterocycles. The lowest BCUT2D eigenvalue weighted by atomic mass is 9.80. The van der Waals surface area contributed by atoms with Crippen molar-refractivity contribution in [2.45, 2.75) is 18.3 Å². The summed E-state index contributed by atoms with van der Waals surface area (Å²) < 4.78 is 110. The second-order valence-corrected chi connectivity index (χ2v) is 7.72. The molecule has 2 aromatic rings. The number of nitrogens with one attached hydrogen (secondary N) is 2. The van der Waals surface area contributed by atoms with Crippen LogP contribution in [-0.2, 0) is 0 Å². The molecular formula is C23H20F8N2O2. The quantitative estimate of drug-likeness (QED) is 0.374. The van der Waals surface area contributed by atoms with Gasteiger partial charge in [-0.1, -0.05) is 24.3 Å². The van der Waals surface area contributed by atoms with Gasteiger partial charge in [-0.05, 0) is 18.2 Å². The van der Waals surface area contributed by atoms with Crippen LogP contribution in [0.2, 0.25) is 0 Å². The number of methoxy groups -OCH3 is 1. The molecule has 0 spiro atoms. The molecular weight excluding hydrogens is 488 g/mol. The van der Waals surface area contributed by atoms with Crippen molar-refractivity contribution < 1.29 is 45.0 Å². The summed E-state index contributed by atoms with van der Waals surface area (Å²) in [7, 11) is 1.33. The van der Waals surface area contributed by atoms with Gasteiger partial charge in [-0.25, -0.2) is 8.78 Å². The molecule has 1 aliphatic rings. The lowest BCUT2D eigenvalue weighted by Crippen LogP contribution is -2.28. The van der Waals surface area contributed by atoms with Crippen molar-refractivity contribution in [3.8, 4) is 11.5 Å². The van der Waals surface area contributed by atoms with E-state index >= 15 is 0 Å². The van der Waals surface area contributed by atoms with E-state index in [1.165, 1.54) is 19.2 Å². The van der Waals surface area contributed by atoms with Crippen LogP contribution in [0.4, 0.5) is 40.8 Å². The van der Waals surface area contributed by atoms with Crippen molar-refractivity contribution in [2.75, 3.05) is 25.5 Å². The van der Waals surface area contributed by atoms with Crippen molar-refractivity contribution in [1.29, 1.82) is 0 Å². The third-order valence-electron chi connectivity index (χ3n) is 5.22. The molecule has 4 nitrogen and oxygen atoms in total. The number of benzene rings is 2. The molecule has 0 fully saturated rings. The summed E-state index contributed by atoms with van der Waals surface area (Å²) in [5, 5.41) is 14.4. The van der Waals surface area contributed by atoms with Crippen LogP contribution >= 0.6 is 0 Å². The third-order valence-corrected chi connectivity index (χ3v) is 5.22. The Balaban J connectivity index is 2.06. The Bertz CT molecular complexity index is 1130. The van der Waals surface area contributed by atoms with Gasteiger partial charge in [-0.2, -0.15) is 26.3 Å². The zero-order valence-electron chi connectivity index (χ0n) is 18.1. The first-order valence-corrected chi connectivity index (χ1v) is 10.1. The SMILES string of the molecule is COc1ccccc1C(c1cc(F)c(NCC(F)(F)F)cc1O)C1C=C(F)C(NCC(F)(F)F)=C1. The van der Waals surface area contributed by atoms with Gasteiger partial charge in [0.25, 0.3) is 0 Å². The van der Waals surface area contributed by atoms with Crippen molar-refractivity contribution >= 4 is 5.69 Å². The maximum absolute atomic E-state index is 14.7. The van der Waals surface area contributed by atoms with Crippen molar-refractivity contribution in [1.82, 2.24) is 5.32 Å². The van der Waals surface area contributed by atoms with E-state index in [1.54, 1.807) is 12.1 Å². The van der Waals surface area contributed by atoms with Gasteiger partial charge in [0.15, 0.2) is 0 Å². The summed E-state index contributed by atoms with van der Waals surface area (Å²) in [5.74, 6) is -4.51. The Morgan fingerprint density at radius 1 is 0.914 bits per heavy atom. The minimum absolute atomic E-state index is 0.132. The van der Waals surface area contributed by atoms with Crippen LogP contribution in [0.3, 0.4) is 0 Å². The number of para-hydroxylation sites is 1. The maximum Gasteiger partial charge on any atom is 0.405 e. The predicted octanol–water partition coefficient (Wildman–Crippen LogP) is 6.17. The first-order valence-electron chi connectivity index (χ1n) is 10.1. The van der Waals surface area contributed by atoms with Gasteiger partial charge in [-0.3, -0.25) is 0 Å². The molecule has 2 atom stereocenters. The summed E-state index contributed by atoms with van der Waals surface area (Å²) in [6.45, 7) is -3.04. The highest BCUT2D eigenvalue weighted by Gasteiger charge is 2.34. The number of ether oxygens (including phenoxy) is 1. The molecule has 0 amide bonds. The van der Waals surface area contributed by atoms with E-state index in [0.29, 0.717) is 5.56 Å². The number of alkyl halides is 6.